The molecule has 3 aromatic carbocycles. The SMILES string of the molecule is COc1cccc(C=C2N=C(c3ccc(C(C)C)cc3)OC2=O)c1OCc1ccc(Br)cc1. The summed E-state index contributed by atoms with van der Waals surface area (Å²) < 4.78 is 18.0. The molecular formula is C27H24BrNO4. The Morgan fingerprint density at radius 1 is 1.03 bits per heavy atom. The van der Waals surface area contributed by atoms with Gasteiger partial charge in [0.25, 0.3) is 0 Å². The maximum atomic E-state index is 12.5. The fraction of sp³-hybridized carbons (Fsp3) is 0.185. The molecular weight excluding hydrogens is 482 g/mol. The number of cyclic esters (lactones) is 1. The number of halogens is 1. The number of aliphatic imine (C=N–C) groups is 1. The van der Waals surface area contributed by atoms with E-state index >= 15 is 0 Å². The normalized spacial score (nSPS) is 14.4. The van der Waals surface area contributed by atoms with Gasteiger partial charge in [-0.1, -0.05) is 66.2 Å². The fourth-order valence-corrected chi connectivity index (χ4v) is 3.65. The molecule has 0 aliphatic carbocycles. The van der Waals surface area contributed by atoms with Crippen molar-refractivity contribution in [2.75, 3.05) is 7.11 Å². The monoisotopic (exact) mass is 505 g/mol. The molecule has 3 aromatic rings. The lowest BCUT2D eigenvalue weighted by Crippen LogP contribution is -2.05. The van der Waals surface area contributed by atoms with Gasteiger partial charge in [0.1, 0.15) is 6.61 Å². The molecule has 0 saturated heterocycles. The van der Waals surface area contributed by atoms with Crippen molar-refractivity contribution in [1.29, 1.82) is 0 Å². The summed E-state index contributed by atoms with van der Waals surface area (Å²) in [7, 11) is 1.58. The van der Waals surface area contributed by atoms with E-state index in [1.165, 1.54) is 5.56 Å². The molecule has 4 rings (SSSR count). The molecule has 6 heteroatoms. The Balaban J connectivity index is 1.62. The van der Waals surface area contributed by atoms with E-state index in [0.29, 0.717) is 35.5 Å². The van der Waals surface area contributed by atoms with Gasteiger partial charge in [-0.2, -0.15) is 0 Å². The highest BCUT2D eigenvalue weighted by atomic mass is 79.9. The van der Waals surface area contributed by atoms with Gasteiger partial charge in [-0.3, -0.25) is 0 Å². The Hall–Kier alpha value is -3.38. The van der Waals surface area contributed by atoms with Gasteiger partial charge < -0.3 is 14.2 Å². The lowest BCUT2D eigenvalue weighted by atomic mass is 10.0. The molecule has 0 bridgehead atoms. The van der Waals surface area contributed by atoms with E-state index in [4.69, 9.17) is 14.2 Å². The van der Waals surface area contributed by atoms with E-state index in [2.05, 4.69) is 34.8 Å². The Labute approximate surface area is 201 Å². The minimum atomic E-state index is -0.500. The van der Waals surface area contributed by atoms with Crippen LogP contribution in [0.2, 0.25) is 0 Å². The van der Waals surface area contributed by atoms with E-state index in [0.717, 1.165) is 15.6 Å². The lowest BCUT2D eigenvalue weighted by Gasteiger charge is -2.13. The summed E-state index contributed by atoms with van der Waals surface area (Å²) in [5.41, 5.74) is 3.86. The van der Waals surface area contributed by atoms with Crippen molar-refractivity contribution in [3.63, 3.8) is 0 Å². The summed E-state index contributed by atoms with van der Waals surface area (Å²) in [5, 5.41) is 0. The Morgan fingerprint density at radius 3 is 2.42 bits per heavy atom. The van der Waals surface area contributed by atoms with Crippen molar-refractivity contribution >= 4 is 33.9 Å². The number of carbonyl (C=O) groups excluding carboxylic acids is 1. The molecule has 1 aliphatic heterocycles. The van der Waals surface area contributed by atoms with Crippen molar-refractivity contribution in [3.8, 4) is 11.5 Å². The fourth-order valence-electron chi connectivity index (χ4n) is 3.39. The van der Waals surface area contributed by atoms with Gasteiger partial charge in [0.05, 0.1) is 7.11 Å². The molecule has 0 amide bonds. The van der Waals surface area contributed by atoms with Gasteiger partial charge in [0, 0.05) is 15.6 Å². The van der Waals surface area contributed by atoms with Crippen LogP contribution in [0.1, 0.15) is 42.0 Å². The molecule has 0 spiro atoms. The maximum absolute atomic E-state index is 12.5. The van der Waals surface area contributed by atoms with E-state index in [1.807, 2.05) is 66.7 Å². The van der Waals surface area contributed by atoms with E-state index in [1.54, 1.807) is 13.2 Å². The van der Waals surface area contributed by atoms with Crippen LogP contribution in [-0.2, 0) is 16.1 Å². The number of nitrogens with zero attached hydrogens (tertiary/aromatic N) is 1. The Morgan fingerprint density at radius 2 is 1.76 bits per heavy atom. The number of esters is 1. The number of para-hydroxylation sites is 1. The van der Waals surface area contributed by atoms with Crippen LogP contribution in [0.5, 0.6) is 11.5 Å². The van der Waals surface area contributed by atoms with E-state index < -0.39 is 5.97 Å². The predicted molar refractivity (Wildman–Crippen MR) is 133 cm³/mol. The van der Waals surface area contributed by atoms with Crippen LogP contribution in [0.3, 0.4) is 0 Å². The molecule has 5 nitrogen and oxygen atoms in total. The number of rotatable bonds is 7. The smallest absolute Gasteiger partial charge is 0.363 e. The third-order valence-corrected chi connectivity index (χ3v) is 5.79. The van der Waals surface area contributed by atoms with Crippen LogP contribution >= 0.6 is 15.9 Å². The van der Waals surface area contributed by atoms with Crippen molar-refractivity contribution in [2.45, 2.75) is 26.4 Å². The molecule has 1 aliphatic rings. The number of ether oxygens (including phenoxy) is 3. The Kier molecular flexibility index (Phi) is 6.94. The third-order valence-electron chi connectivity index (χ3n) is 5.26. The zero-order valence-electron chi connectivity index (χ0n) is 18.7. The summed E-state index contributed by atoms with van der Waals surface area (Å²) in [4.78, 5) is 17.0. The first-order valence-corrected chi connectivity index (χ1v) is 11.4. The van der Waals surface area contributed by atoms with Crippen LogP contribution < -0.4 is 9.47 Å². The standard InChI is InChI=1S/C27H24BrNO4/c1-17(2)19-9-11-20(12-10-19)26-29-23(27(30)33-26)15-21-5-4-6-24(31-3)25(21)32-16-18-7-13-22(28)14-8-18/h4-15,17H,16H2,1-3H3. The molecule has 0 saturated carbocycles. The first-order chi connectivity index (χ1) is 15.9. The average Bonchev–Trinajstić information content (AvgIpc) is 3.19. The number of hydrogen-bond acceptors (Lipinski definition) is 5. The average molecular weight is 506 g/mol. The summed E-state index contributed by atoms with van der Waals surface area (Å²) in [6.45, 7) is 4.62. The van der Waals surface area contributed by atoms with Crippen molar-refractivity contribution in [3.05, 3.63) is 99.2 Å². The second kappa shape index (κ2) is 10.0. The van der Waals surface area contributed by atoms with Gasteiger partial charge >= 0.3 is 5.97 Å². The minimum absolute atomic E-state index is 0.208. The zero-order chi connectivity index (χ0) is 23.4. The van der Waals surface area contributed by atoms with Crippen molar-refractivity contribution in [2.24, 2.45) is 4.99 Å². The number of benzene rings is 3. The molecule has 33 heavy (non-hydrogen) atoms. The zero-order valence-corrected chi connectivity index (χ0v) is 20.3. The lowest BCUT2D eigenvalue weighted by molar-refractivity contribution is -0.129. The third kappa shape index (κ3) is 5.34. The molecule has 168 valence electrons. The second-order valence-electron chi connectivity index (χ2n) is 7.91. The quantitative estimate of drug-likeness (QED) is 0.271. The van der Waals surface area contributed by atoms with Crippen LogP contribution in [0, 0.1) is 0 Å². The van der Waals surface area contributed by atoms with Gasteiger partial charge in [-0.15, -0.1) is 0 Å². The first kappa shape index (κ1) is 22.8. The molecule has 0 aromatic heterocycles. The van der Waals surface area contributed by atoms with Crippen LogP contribution in [0.4, 0.5) is 0 Å². The van der Waals surface area contributed by atoms with E-state index in [-0.39, 0.29) is 5.70 Å². The van der Waals surface area contributed by atoms with Crippen LogP contribution in [0.15, 0.2) is 81.9 Å². The summed E-state index contributed by atoms with van der Waals surface area (Å²) in [5.74, 6) is 1.32. The predicted octanol–water partition coefficient (Wildman–Crippen LogP) is 6.50. The number of carbonyl (C=O) groups is 1. The van der Waals surface area contributed by atoms with E-state index in [9.17, 15) is 4.79 Å². The highest BCUT2D eigenvalue weighted by molar-refractivity contribution is 9.10. The second-order valence-corrected chi connectivity index (χ2v) is 8.82. The van der Waals surface area contributed by atoms with Gasteiger partial charge in [0.15, 0.2) is 17.2 Å². The van der Waals surface area contributed by atoms with Crippen LogP contribution in [0.25, 0.3) is 6.08 Å². The van der Waals surface area contributed by atoms with Crippen LogP contribution in [-0.4, -0.2) is 19.0 Å². The summed E-state index contributed by atoms with van der Waals surface area (Å²) in [6.07, 6.45) is 1.66. The number of methoxy groups -OCH3 is 1. The maximum Gasteiger partial charge on any atom is 0.363 e. The highest BCUT2D eigenvalue weighted by Crippen LogP contribution is 2.34. The molecule has 0 radical (unpaired) electrons. The molecule has 0 fully saturated rings. The molecule has 1 heterocycles. The molecule has 0 N–H and O–H groups in total. The van der Waals surface area contributed by atoms with Gasteiger partial charge in [0.2, 0.25) is 5.90 Å². The van der Waals surface area contributed by atoms with Gasteiger partial charge in [-0.25, -0.2) is 9.79 Å². The molecule has 0 atom stereocenters. The minimum Gasteiger partial charge on any atom is -0.493 e. The first-order valence-electron chi connectivity index (χ1n) is 10.6. The highest BCUT2D eigenvalue weighted by Gasteiger charge is 2.25. The van der Waals surface area contributed by atoms with Gasteiger partial charge in [-0.05, 0) is 53.5 Å². The number of hydrogen-bond donors (Lipinski definition) is 0. The summed E-state index contributed by atoms with van der Waals surface area (Å²) in [6, 6.07) is 21.3. The molecule has 0 unspecified atom stereocenters. The summed E-state index contributed by atoms with van der Waals surface area (Å²) >= 11 is 3.44. The Bertz CT molecular complexity index is 1210. The van der Waals surface area contributed by atoms with Crippen molar-refractivity contribution < 1.29 is 19.0 Å². The topological polar surface area (TPSA) is 57.1 Å². The van der Waals surface area contributed by atoms with Crippen molar-refractivity contribution in [1.82, 2.24) is 0 Å². The largest absolute Gasteiger partial charge is 0.493 e.